The van der Waals surface area contributed by atoms with E-state index in [1.807, 2.05) is 0 Å². The molecule has 5 N–H and O–H groups in total. The van der Waals surface area contributed by atoms with Crippen molar-refractivity contribution in [1.29, 1.82) is 0 Å². The average Bonchev–Trinajstić information content (AvgIpc) is 2.60. The second-order valence-corrected chi connectivity index (χ2v) is 6.06. The van der Waals surface area contributed by atoms with Gasteiger partial charge in [-0.15, -0.1) is 0 Å². The maximum Gasteiger partial charge on any atom is 0.313 e. The molecule has 1 saturated heterocycles. The number of aliphatic hydroxyl groups excluding tert-OH is 5. The second kappa shape index (κ2) is 11.3. The highest BCUT2D eigenvalue weighted by molar-refractivity contribution is 4.93. The minimum absolute atomic E-state index is 0.186. The molecule has 8 nitrogen and oxygen atoms in total. The van der Waals surface area contributed by atoms with Gasteiger partial charge in [-0.2, -0.15) is 0 Å². The van der Waals surface area contributed by atoms with E-state index in [-0.39, 0.29) is 19.8 Å². The number of hydrogen-bond acceptors (Lipinski definition) is 8. The summed E-state index contributed by atoms with van der Waals surface area (Å²) in [5.74, 6) is -2.02. The largest absolute Gasteiger partial charge is 0.394 e. The summed E-state index contributed by atoms with van der Waals surface area (Å²) in [6.45, 7) is 1.27. The molecule has 24 heavy (non-hydrogen) atoms. The number of hydrogen-bond donors (Lipinski definition) is 5. The molecule has 0 aliphatic carbocycles. The summed E-state index contributed by atoms with van der Waals surface area (Å²) >= 11 is 0. The van der Waals surface area contributed by atoms with Crippen molar-refractivity contribution in [3.05, 3.63) is 0 Å². The van der Waals surface area contributed by atoms with Crippen molar-refractivity contribution in [3.63, 3.8) is 0 Å². The fraction of sp³-hybridized carbons (Fsp3) is 1.00. The van der Waals surface area contributed by atoms with Crippen molar-refractivity contribution in [2.45, 2.75) is 75.8 Å². The highest BCUT2D eigenvalue weighted by Crippen LogP contribution is 2.32. The summed E-state index contributed by atoms with van der Waals surface area (Å²) in [6, 6.07) is 0. The Balaban J connectivity index is 2.60. The van der Waals surface area contributed by atoms with Crippen LogP contribution in [0.5, 0.6) is 0 Å². The molecule has 1 aliphatic rings. The lowest BCUT2D eigenvalue weighted by Gasteiger charge is -2.46. The quantitative estimate of drug-likeness (QED) is 0.235. The van der Waals surface area contributed by atoms with Crippen molar-refractivity contribution < 1.29 is 39.7 Å². The second-order valence-electron chi connectivity index (χ2n) is 6.06. The number of rotatable bonds is 12. The fourth-order valence-corrected chi connectivity index (χ4v) is 2.68. The van der Waals surface area contributed by atoms with Gasteiger partial charge in [-0.05, 0) is 6.42 Å². The normalized spacial score (nSPS) is 33.8. The van der Waals surface area contributed by atoms with Gasteiger partial charge in [0, 0.05) is 0 Å². The molecule has 0 aromatic carbocycles. The van der Waals surface area contributed by atoms with Crippen LogP contribution in [0.2, 0.25) is 0 Å². The highest BCUT2D eigenvalue weighted by Gasteiger charge is 2.55. The van der Waals surface area contributed by atoms with Crippen molar-refractivity contribution >= 4 is 0 Å². The molecule has 8 heteroatoms. The monoisotopic (exact) mass is 352 g/mol. The summed E-state index contributed by atoms with van der Waals surface area (Å²) in [6.07, 6.45) is 0.352. The lowest BCUT2D eigenvalue weighted by molar-refractivity contribution is -0.462. The zero-order valence-corrected chi connectivity index (χ0v) is 14.3. The van der Waals surface area contributed by atoms with Gasteiger partial charge in [-0.3, -0.25) is 0 Å². The van der Waals surface area contributed by atoms with Gasteiger partial charge < -0.3 is 39.7 Å². The minimum Gasteiger partial charge on any atom is -0.394 e. The average molecular weight is 352 g/mol. The Hall–Kier alpha value is -0.320. The first-order valence-electron chi connectivity index (χ1n) is 8.74. The molecule has 1 rings (SSSR count). The maximum absolute atomic E-state index is 10.2. The Labute approximate surface area is 143 Å². The van der Waals surface area contributed by atoms with E-state index in [1.165, 1.54) is 6.42 Å². The van der Waals surface area contributed by atoms with Gasteiger partial charge in [0.1, 0.15) is 18.3 Å². The van der Waals surface area contributed by atoms with Gasteiger partial charge in [0.2, 0.25) is 0 Å². The van der Waals surface area contributed by atoms with Crippen molar-refractivity contribution in [2.24, 2.45) is 0 Å². The zero-order chi connectivity index (χ0) is 18.0. The first-order chi connectivity index (χ1) is 11.5. The predicted octanol–water partition coefficient (Wildman–Crippen LogP) is -0.500. The first kappa shape index (κ1) is 21.7. The van der Waals surface area contributed by atoms with Crippen LogP contribution in [0.15, 0.2) is 0 Å². The lowest BCUT2D eigenvalue weighted by Crippen LogP contribution is -2.67. The molecule has 0 radical (unpaired) electrons. The molecule has 0 amide bonds. The molecule has 144 valence electrons. The molecule has 0 saturated carbocycles. The molecule has 5 atom stereocenters. The Morgan fingerprint density at radius 1 is 0.875 bits per heavy atom. The van der Waals surface area contributed by atoms with E-state index in [1.54, 1.807) is 0 Å². The van der Waals surface area contributed by atoms with Crippen LogP contribution in [0.4, 0.5) is 0 Å². The third-order valence-corrected chi connectivity index (χ3v) is 4.11. The van der Waals surface area contributed by atoms with E-state index in [9.17, 15) is 20.4 Å². The SMILES string of the molecule is CCCCCCCCO[C@]1(OCCO)O[C@H](CO)[C@@H](O)[C@H](O)[C@H]1O. The Morgan fingerprint density at radius 2 is 1.50 bits per heavy atom. The standard InChI is InChI=1S/C16H32O8/c1-2-3-4-5-6-7-9-22-16(23-10-8-17)15(21)14(20)13(19)12(11-18)24-16/h12-15,17-21H,2-11H2,1H3/t12-,13-,14+,15-,16-/m1/s1. The number of unbranched alkanes of at least 4 members (excludes halogenated alkanes) is 5. The molecule has 1 aliphatic heterocycles. The van der Waals surface area contributed by atoms with Crippen LogP contribution in [-0.2, 0) is 14.2 Å². The van der Waals surface area contributed by atoms with Crippen molar-refractivity contribution in [1.82, 2.24) is 0 Å². The lowest BCUT2D eigenvalue weighted by atomic mass is 9.97. The molecule has 1 heterocycles. The van der Waals surface area contributed by atoms with Crippen LogP contribution in [0, 0.1) is 0 Å². The van der Waals surface area contributed by atoms with Crippen LogP contribution >= 0.6 is 0 Å². The summed E-state index contributed by atoms with van der Waals surface area (Å²) in [7, 11) is 0. The van der Waals surface area contributed by atoms with Crippen LogP contribution in [0.25, 0.3) is 0 Å². The van der Waals surface area contributed by atoms with E-state index >= 15 is 0 Å². The molecular formula is C16H32O8. The van der Waals surface area contributed by atoms with E-state index in [0.717, 1.165) is 25.7 Å². The van der Waals surface area contributed by atoms with E-state index < -0.39 is 37.0 Å². The van der Waals surface area contributed by atoms with Crippen LogP contribution < -0.4 is 0 Å². The van der Waals surface area contributed by atoms with Crippen LogP contribution in [0.3, 0.4) is 0 Å². The molecule has 0 unspecified atom stereocenters. The first-order valence-corrected chi connectivity index (χ1v) is 8.74. The van der Waals surface area contributed by atoms with Crippen LogP contribution in [-0.4, -0.2) is 82.3 Å². The van der Waals surface area contributed by atoms with E-state index in [0.29, 0.717) is 6.42 Å². The van der Waals surface area contributed by atoms with Gasteiger partial charge >= 0.3 is 5.97 Å². The van der Waals surface area contributed by atoms with Gasteiger partial charge in [-0.1, -0.05) is 39.0 Å². The van der Waals surface area contributed by atoms with Crippen molar-refractivity contribution in [2.75, 3.05) is 26.4 Å². The van der Waals surface area contributed by atoms with E-state index in [2.05, 4.69) is 6.92 Å². The molecule has 0 bridgehead atoms. The number of aliphatic hydroxyl groups is 5. The summed E-state index contributed by atoms with van der Waals surface area (Å²) in [4.78, 5) is 0. The Bertz CT molecular complexity index is 327. The maximum atomic E-state index is 10.2. The fourth-order valence-electron chi connectivity index (χ4n) is 2.68. The van der Waals surface area contributed by atoms with Gasteiger partial charge in [0.05, 0.1) is 26.4 Å². The van der Waals surface area contributed by atoms with Crippen LogP contribution in [0.1, 0.15) is 45.4 Å². The van der Waals surface area contributed by atoms with Gasteiger partial charge in [0.25, 0.3) is 0 Å². The number of ether oxygens (including phenoxy) is 3. The topological polar surface area (TPSA) is 129 Å². The molecule has 0 aromatic heterocycles. The summed E-state index contributed by atoms with van der Waals surface area (Å²) in [5.41, 5.74) is 0. The minimum atomic E-state index is -2.02. The van der Waals surface area contributed by atoms with Gasteiger partial charge in [-0.25, -0.2) is 0 Å². The summed E-state index contributed by atoms with van der Waals surface area (Å²) in [5, 5.41) is 48.2. The van der Waals surface area contributed by atoms with Crippen molar-refractivity contribution in [3.8, 4) is 0 Å². The van der Waals surface area contributed by atoms with Gasteiger partial charge in [0.15, 0.2) is 6.10 Å². The third kappa shape index (κ3) is 5.89. The summed E-state index contributed by atoms with van der Waals surface area (Å²) < 4.78 is 16.3. The molecule has 0 aromatic rings. The molecular weight excluding hydrogens is 320 g/mol. The smallest absolute Gasteiger partial charge is 0.313 e. The van der Waals surface area contributed by atoms with E-state index in [4.69, 9.17) is 19.3 Å². The predicted molar refractivity (Wildman–Crippen MR) is 85.1 cm³/mol. The Kier molecular flexibility index (Phi) is 10.3. The zero-order valence-electron chi connectivity index (χ0n) is 14.3. The molecule has 1 fully saturated rings. The third-order valence-electron chi connectivity index (χ3n) is 4.11. The molecule has 0 spiro atoms. The Morgan fingerprint density at radius 3 is 2.12 bits per heavy atom. The highest BCUT2D eigenvalue weighted by atomic mass is 16.9.